The number of aliphatic hydroxyl groups excluding tert-OH is 3. The van der Waals surface area contributed by atoms with Crippen LogP contribution < -0.4 is 0 Å². The molecule has 1 heterocycles. The first kappa shape index (κ1) is 24.6. The van der Waals surface area contributed by atoms with E-state index in [0.717, 1.165) is 18.9 Å². The molecule has 8 atom stereocenters. The van der Waals surface area contributed by atoms with E-state index >= 15 is 0 Å². The standard InChI is InChI=1S/C20H34O8/c1-6-7-8-14(21)9-10-15(22)28-16-11(2)17(23)20(5,26)18(24)12(3)19(25)27-13(16)4/h9-14,16-18,21,23-24,26H,6-8H2,1-5H3/t11-,12+,13+,14-,16-,17+,18-,20-/m1/s1. The Balaban J connectivity index is 3.00. The summed E-state index contributed by atoms with van der Waals surface area (Å²) in [5.41, 5.74) is -2.02. The lowest BCUT2D eigenvalue weighted by Crippen LogP contribution is -2.57. The number of aliphatic hydroxyl groups is 4. The van der Waals surface area contributed by atoms with Crippen LogP contribution in [0, 0.1) is 11.8 Å². The van der Waals surface area contributed by atoms with Crippen molar-refractivity contribution in [1.82, 2.24) is 0 Å². The molecule has 162 valence electrons. The van der Waals surface area contributed by atoms with Gasteiger partial charge in [-0.05, 0) is 33.3 Å². The van der Waals surface area contributed by atoms with Gasteiger partial charge in [-0.3, -0.25) is 4.79 Å². The molecule has 0 amide bonds. The molecule has 1 saturated heterocycles. The molecular weight excluding hydrogens is 368 g/mol. The molecule has 0 saturated carbocycles. The SMILES string of the molecule is CCCC[C@@H](O)C=CC(=O)O[C@@H]1[C@@H](C)[C@H](O)[C@@](C)(O)[C@H](O)[C@H](C)C(=O)O[C@H]1C. The smallest absolute Gasteiger partial charge is 0.330 e. The Hall–Kier alpha value is -1.48. The van der Waals surface area contributed by atoms with Gasteiger partial charge in [0.25, 0.3) is 0 Å². The molecule has 0 aromatic rings. The molecule has 0 bridgehead atoms. The van der Waals surface area contributed by atoms with Crippen molar-refractivity contribution in [2.75, 3.05) is 0 Å². The fourth-order valence-corrected chi connectivity index (χ4v) is 3.38. The third kappa shape index (κ3) is 6.01. The average molecular weight is 402 g/mol. The Bertz CT molecular complexity index is 558. The van der Waals surface area contributed by atoms with Gasteiger partial charge in [-0.1, -0.05) is 26.7 Å². The highest BCUT2D eigenvalue weighted by molar-refractivity contribution is 5.82. The van der Waals surface area contributed by atoms with Gasteiger partial charge in [0.2, 0.25) is 0 Å². The maximum absolute atomic E-state index is 12.2. The minimum atomic E-state index is -2.02. The third-order valence-corrected chi connectivity index (χ3v) is 5.38. The number of carbonyl (C=O) groups is 2. The van der Waals surface area contributed by atoms with Crippen LogP contribution in [0.2, 0.25) is 0 Å². The van der Waals surface area contributed by atoms with Crippen molar-refractivity contribution < 1.29 is 39.5 Å². The summed E-state index contributed by atoms with van der Waals surface area (Å²) in [6.07, 6.45) is -1.13. The summed E-state index contributed by atoms with van der Waals surface area (Å²) in [6, 6.07) is 0. The van der Waals surface area contributed by atoms with Crippen LogP contribution in [-0.4, -0.2) is 68.5 Å². The molecule has 0 aromatic carbocycles. The van der Waals surface area contributed by atoms with Crippen LogP contribution in [0.3, 0.4) is 0 Å². The van der Waals surface area contributed by atoms with E-state index in [4.69, 9.17) is 9.47 Å². The molecular formula is C20H34O8. The van der Waals surface area contributed by atoms with Crippen LogP contribution in [0.4, 0.5) is 0 Å². The summed E-state index contributed by atoms with van der Waals surface area (Å²) in [6.45, 7) is 7.64. The van der Waals surface area contributed by atoms with Gasteiger partial charge in [-0.15, -0.1) is 0 Å². The Kier molecular flexibility index (Phi) is 9.07. The average Bonchev–Trinajstić information content (AvgIpc) is 2.66. The summed E-state index contributed by atoms with van der Waals surface area (Å²) in [5, 5.41) is 41.3. The van der Waals surface area contributed by atoms with Crippen molar-refractivity contribution in [2.24, 2.45) is 11.8 Å². The van der Waals surface area contributed by atoms with Crippen molar-refractivity contribution >= 4 is 11.9 Å². The van der Waals surface area contributed by atoms with Crippen LogP contribution in [0.5, 0.6) is 0 Å². The first-order valence-corrected chi connectivity index (χ1v) is 9.79. The van der Waals surface area contributed by atoms with E-state index in [1.165, 1.54) is 33.8 Å². The Morgan fingerprint density at radius 2 is 1.89 bits per heavy atom. The molecule has 28 heavy (non-hydrogen) atoms. The highest BCUT2D eigenvalue weighted by Crippen LogP contribution is 2.32. The van der Waals surface area contributed by atoms with E-state index in [-0.39, 0.29) is 0 Å². The molecule has 0 aromatic heterocycles. The van der Waals surface area contributed by atoms with Crippen LogP contribution in [0.15, 0.2) is 12.2 Å². The lowest BCUT2D eigenvalue weighted by Gasteiger charge is -2.39. The number of esters is 2. The first-order chi connectivity index (χ1) is 12.9. The van der Waals surface area contributed by atoms with Gasteiger partial charge in [-0.2, -0.15) is 0 Å². The fraction of sp³-hybridized carbons (Fsp3) is 0.800. The predicted molar refractivity (Wildman–Crippen MR) is 101 cm³/mol. The molecule has 1 fully saturated rings. The molecule has 1 aliphatic heterocycles. The zero-order valence-corrected chi connectivity index (χ0v) is 17.2. The van der Waals surface area contributed by atoms with E-state index < -0.39 is 59.9 Å². The predicted octanol–water partition coefficient (Wildman–Crippen LogP) is 0.696. The summed E-state index contributed by atoms with van der Waals surface area (Å²) < 4.78 is 10.7. The molecule has 0 aliphatic carbocycles. The van der Waals surface area contributed by atoms with E-state index in [9.17, 15) is 30.0 Å². The minimum absolute atomic E-state index is 0.519. The molecule has 0 spiro atoms. The normalized spacial score (nSPS) is 38.2. The Labute approximate surface area is 166 Å². The second kappa shape index (κ2) is 10.3. The van der Waals surface area contributed by atoms with Gasteiger partial charge in [0.05, 0.1) is 24.2 Å². The maximum atomic E-state index is 12.2. The van der Waals surface area contributed by atoms with Crippen molar-refractivity contribution in [2.45, 2.75) is 90.0 Å². The number of ether oxygens (including phenoxy) is 2. The summed E-state index contributed by atoms with van der Waals surface area (Å²) in [5.74, 6) is -3.47. The molecule has 1 aliphatic rings. The van der Waals surface area contributed by atoms with Crippen molar-refractivity contribution in [3.05, 3.63) is 12.2 Å². The van der Waals surface area contributed by atoms with Gasteiger partial charge < -0.3 is 29.9 Å². The highest BCUT2D eigenvalue weighted by atomic mass is 16.6. The Morgan fingerprint density at radius 1 is 1.29 bits per heavy atom. The summed E-state index contributed by atoms with van der Waals surface area (Å²) in [4.78, 5) is 24.4. The minimum Gasteiger partial charge on any atom is -0.458 e. The lowest BCUT2D eigenvalue weighted by atomic mass is 9.78. The number of cyclic esters (lactones) is 1. The number of carbonyl (C=O) groups excluding carboxylic acids is 2. The van der Waals surface area contributed by atoms with Gasteiger partial charge >= 0.3 is 11.9 Å². The monoisotopic (exact) mass is 402 g/mol. The van der Waals surface area contributed by atoms with E-state index in [0.29, 0.717) is 6.42 Å². The number of rotatable bonds is 6. The Morgan fingerprint density at radius 3 is 2.46 bits per heavy atom. The quantitative estimate of drug-likeness (QED) is 0.377. The zero-order chi connectivity index (χ0) is 21.6. The number of hydrogen-bond acceptors (Lipinski definition) is 8. The van der Waals surface area contributed by atoms with E-state index in [1.807, 2.05) is 6.92 Å². The van der Waals surface area contributed by atoms with Gasteiger partial charge in [0.1, 0.15) is 17.8 Å². The highest BCUT2D eigenvalue weighted by Gasteiger charge is 2.50. The molecule has 0 unspecified atom stereocenters. The first-order valence-electron chi connectivity index (χ1n) is 9.79. The van der Waals surface area contributed by atoms with Crippen LogP contribution >= 0.6 is 0 Å². The van der Waals surface area contributed by atoms with Crippen molar-refractivity contribution in [1.29, 1.82) is 0 Å². The van der Waals surface area contributed by atoms with E-state index in [2.05, 4.69) is 0 Å². The molecule has 4 N–H and O–H groups in total. The molecule has 8 nitrogen and oxygen atoms in total. The molecule has 1 rings (SSSR count). The molecule has 8 heteroatoms. The number of hydrogen-bond donors (Lipinski definition) is 4. The largest absolute Gasteiger partial charge is 0.458 e. The van der Waals surface area contributed by atoms with Gasteiger partial charge in [-0.25, -0.2) is 4.79 Å². The summed E-state index contributed by atoms with van der Waals surface area (Å²) in [7, 11) is 0. The van der Waals surface area contributed by atoms with Crippen LogP contribution in [-0.2, 0) is 19.1 Å². The van der Waals surface area contributed by atoms with Crippen LogP contribution in [0.25, 0.3) is 0 Å². The summed E-state index contributed by atoms with van der Waals surface area (Å²) >= 11 is 0. The fourth-order valence-electron chi connectivity index (χ4n) is 3.38. The van der Waals surface area contributed by atoms with Crippen LogP contribution in [0.1, 0.15) is 53.9 Å². The van der Waals surface area contributed by atoms with Crippen molar-refractivity contribution in [3.8, 4) is 0 Å². The molecule has 0 radical (unpaired) electrons. The topological polar surface area (TPSA) is 134 Å². The van der Waals surface area contributed by atoms with Gasteiger partial charge in [0, 0.05) is 12.0 Å². The lowest BCUT2D eigenvalue weighted by molar-refractivity contribution is -0.180. The van der Waals surface area contributed by atoms with Crippen molar-refractivity contribution in [3.63, 3.8) is 0 Å². The zero-order valence-electron chi connectivity index (χ0n) is 17.2. The third-order valence-electron chi connectivity index (χ3n) is 5.38. The number of unbranched alkanes of at least 4 members (excludes halogenated alkanes) is 1. The second-order valence-corrected chi connectivity index (χ2v) is 7.88. The van der Waals surface area contributed by atoms with Gasteiger partial charge in [0.15, 0.2) is 0 Å². The second-order valence-electron chi connectivity index (χ2n) is 7.88. The van der Waals surface area contributed by atoms with E-state index in [1.54, 1.807) is 0 Å². The maximum Gasteiger partial charge on any atom is 0.330 e.